The molecule has 122 valence electrons. The SMILES string of the molecule is C[C@@H](NC(=O)c1cc2c(s1)CCC2)c1cccc(C(F)(F)F)c1. The quantitative estimate of drug-likeness (QED) is 0.859. The molecule has 3 rings (SSSR count). The van der Waals surface area contributed by atoms with Crippen molar-refractivity contribution in [2.45, 2.75) is 38.4 Å². The van der Waals surface area contributed by atoms with E-state index in [-0.39, 0.29) is 5.91 Å². The molecule has 0 spiro atoms. The van der Waals surface area contributed by atoms with Crippen molar-refractivity contribution in [3.8, 4) is 0 Å². The first-order valence-corrected chi connectivity index (χ1v) is 8.26. The van der Waals surface area contributed by atoms with Crippen molar-refractivity contribution < 1.29 is 18.0 Å². The van der Waals surface area contributed by atoms with Crippen molar-refractivity contribution in [3.05, 3.63) is 56.8 Å². The van der Waals surface area contributed by atoms with Gasteiger partial charge in [0.2, 0.25) is 0 Å². The van der Waals surface area contributed by atoms with Crippen LogP contribution in [0.15, 0.2) is 30.3 Å². The molecule has 1 amide bonds. The molecule has 1 aliphatic rings. The third kappa shape index (κ3) is 3.42. The van der Waals surface area contributed by atoms with Gasteiger partial charge in [-0.2, -0.15) is 13.2 Å². The molecule has 2 aromatic rings. The molecule has 1 heterocycles. The van der Waals surface area contributed by atoms with Crippen molar-refractivity contribution in [2.75, 3.05) is 0 Å². The van der Waals surface area contributed by atoms with Crippen molar-refractivity contribution in [1.29, 1.82) is 0 Å². The molecule has 1 N–H and O–H groups in total. The molecule has 1 aromatic heterocycles. The number of hydrogen-bond donors (Lipinski definition) is 1. The third-order valence-electron chi connectivity index (χ3n) is 4.03. The number of carbonyl (C=O) groups is 1. The minimum atomic E-state index is -4.38. The lowest BCUT2D eigenvalue weighted by Gasteiger charge is -2.15. The van der Waals surface area contributed by atoms with Gasteiger partial charge in [-0.3, -0.25) is 4.79 Å². The van der Waals surface area contributed by atoms with Crippen LogP contribution in [0.4, 0.5) is 13.2 Å². The van der Waals surface area contributed by atoms with Crippen molar-refractivity contribution >= 4 is 17.2 Å². The van der Waals surface area contributed by atoms with E-state index >= 15 is 0 Å². The molecule has 0 aliphatic heterocycles. The van der Waals surface area contributed by atoms with Gasteiger partial charge >= 0.3 is 6.18 Å². The molecule has 23 heavy (non-hydrogen) atoms. The molecule has 0 saturated heterocycles. The fourth-order valence-corrected chi connectivity index (χ4v) is 3.93. The van der Waals surface area contributed by atoms with E-state index < -0.39 is 17.8 Å². The minimum absolute atomic E-state index is 0.227. The summed E-state index contributed by atoms with van der Waals surface area (Å²) in [7, 11) is 0. The Balaban J connectivity index is 1.73. The lowest BCUT2D eigenvalue weighted by atomic mass is 10.0. The van der Waals surface area contributed by atoms with Gasteiger partial charge in [-0.05, 0) is 55.5 Å². The fourth-order valence-electron chi connectivity index (χ4n) is 2.78. The zero-order valence-electron chi connectivity index (χ0n) is 12.5. The van der Waals surface area contributed by atoms with Crippen LogP contribution in [0.5, 0.6) is 0 Å². The van der Waals surface area contributed by atoms with Crippen LogP contribution >= 0.6 is 11.3 Å². The van der Waals surface area contributed by atoms with Gasteiger partial charge in [0.1, 0.15) is 0 Å². The monoisotopic (exact) mass is 339 g/mol. The summed E-state index contributed by atoms with van der Waals surface area (Å²) in [6, 6.07) is 6.49. The molecule has 1 atom stereocenters. The first-order valence-electron chi connectivity index (χ1n) is 7.44. The Morgan fingerprint density at radius 2 is 2.04 bits per heavy atom. The van der Waals surface area contributed by atoms with Gasteiger partial charge < -0.3 is 5.32 Å². The number of halogens is 3. The van der Waals surface area contributed by atoms with Gasteiger partial charge in [-0.1, -0.05) is 12.1 Å². The van der Waals surface area contributed by atoms with Crippen LogP contribution < -0.4 is 5.32 Å². The Hall–Kier alpha value is -1.82. The average Bonchev–Trinajstić information content (AvgIpc) is 3.07. The molecule has 2 nitrogen and oxygen atoms in total. The predicted molar refractivity (Wildman–Crippen MR) is 83.7 cm³/mol. The maximum Gasteiger partial charge on any atom is 0.416 e. The summed E-state index contributed by atoms with van der Waals surface area (Å²) in [6.07, 6.45) is -1.24. The highest BCUT2D eigenvalue weighted by Crippen LogP contribution is 2.32. The average molecular weight is 339 g/mol. The summed E-state index contributed by atoms with van der Waals surface area (Å²) in [5.41, 5.74) is 0.968. The van der Waals surface area contributed by atoms with Gasteiger partial charge in [0.05, 0.1) is 16.5 Å². The Kier molecular flexibility index (Phi) is 4.19. The number of fused-ring (bicyclic) bond motifs is 1. The number of alkyl halides is 3. The highest BCUT2D eigenvalue weighted by atomic mass is 32.1. The zero-order chi connectivity index (χ0) is 16.6. The number of amides is 1. The van der Waals surface area contributed by atoms with Crippen molar-refractivity contribution in [1.82, 2.24) is 5.32 Å². The number of rotatable bonds is 3. The number of carbonyl (C=O) groups excluding carboxylic acids is 1. The highest BCUT2D eigenvalue weighted by molar-refractivity contribution is 7.14. The van der Waals surface area contributed by atoms with E-state index in [1.165, 1.54) is 27.8 Å². The van der Waals surface area contributed by atoms with Gasteiger partial charge in [0.15, 0.2) is 0 Å². The summed E-state index contributed by atoms with van der Waals surface area (Å²) < 4.78 is 38.3. The molecular weight excluding hydrogens is 323 g/mol. The first kappa shape index (κ1) is 16.1. The van der Waals surface area contributed by atoms with E-state index in [4.69, 9.17) is 0 Å². The van der Waals surface area contributed by atoms with Gasteiger partial charge in [0, 0.05) is 4.88 Å². The largest absolute Gasteiger partial charge is 0.416 e. The lowest BCUT2D eigenvalue weighted by Crippen LogP contribution is -2.26. The van der Waals surface area contributed by atoms with Crippen molar-refractivity contribution in [2.24, 2.45) is 0 Å². The first-order chi connectivity index (χ1) is 10.8. The molecule has 6 heteroatoms. The molecule has 0 bridgehead atoms. The fraction of sp³-hybridized carbons (Fsp3) is 0.353. The molecule has 0 unspecified atom stereocenters. The maximum absolute atomic E-state index is 12.8. The molecule has 0 fully saturated rings. The van der Waals surface area contributed by atoms with E-state index in [2.05, 4.69) is 5.32 Å². The predicted octanol–water partition coefficient (Wildman–Crippen LogP) is 4.75. The van der Waals surface area contributed by atoms with Gasteiger partial charge in [-0.15, -0.1) is 11.3 Å². The van der Waals surface area contributed by atoms with E-state index in [0.717, 1.165) is 31.4 Å². The number of benzene rings is 1. The number of hydrogen-bond acceptors (Lipinski definition) is 2. The number of nitrogens with one attached hydrogen (secondary N) is 1. The minimum Gasteiger partial charge on any atom is -0.345 e. The van der Waals surface area contributed by atoms with Crippen LogP contribution in [0.3, 0.4) is 0 Å². The molecular formula is C17H16F3NOS. The second kappa shape index (κ2) is 6.00. The summed E-state index contributed by atoms with van der Waals surface area (Å²) in [4.78, 5) is 14.2. The van der Waals surface area contributed by atoms with E-state index in [0.29, 0.717) is 10.4 Å². The van der Waals surface area contributed by atoms with Crippen LogP contribution in [0.25, 0.3) is 0 Å². The normalized spacial score (nSPS) is 15.3. The Labute approximate surface area is 136 Å². The smallest absolute Gasteiger partial charge is 0.345 e. The summed E-state index contributed by atoms with van der Waals surface area (Å²) in [6.45, 7) is 1.69. The Morgan fingerprint density at radius 1 is 1.26 bits per heavy atom. The summed E-state index contributed by atoms with van der Waals surface area (Å²) >= 11 is 1.48. The van der Waals surface area contributed by atoms with Crippen molar-refractivity contribution in [3.63, 3.8) is 0 Å². The lowest BCUT2D eigenvalue weighted by molar-refractivity contribution is -0.137. The van der Waals surface area contributed by atoms with Gasteiger partial charge in [-0.25, -0.2) is 0 Å². The number of aryl methyl sites for hydroxylation is 2. The topological polar surface area (TPSA) is 29.1 Å². The van der Waals surface area contributed by atoms with Crippen LogP contribution in [-0.4, -0.2) is 5.91 Å². The van der Waals surface area contributed by atoms with Crippen LogP contribution in [0.2, 0.25) is 0 Å². The Morgan fingerprint density at radius 3 is 2.74 bits per heavy atom. The Bertz CT molecular complexity index is 714. The third-order valence-corrected chi connectivity index (χ3v) is 5.27. The second-order valence-corrected chi connectivity index (χ2v) is 6.87. The van der Waals surface area contributed by atoms with Gasteiger partial charge in [0.25, 0.3) is 5.91 Å². The molecule has 0 saturated carbocycles. The van der Waals surface area contributed by atoms with Crippen LogP contribution in [0, 0.1) is 0 Å². The summed E-state index contributed by atoms with van der Waals surface area (Å²) in [5, 5.41) is 2.78. The number of thiophene rings is 1. The molecule has 1 aromatic carbocycles. The van der Waals surface area contributed by atoms with E-state index in [9.17, 15) is 18.0 Å². The zero-order valence-corrected chi connectivity index (χ0v) is 13.4. The van der Waals surface area contributed by atoms with Crippen LogP contribution in [0.1, 0.15) is 50.6 Å². The molecule has 1 aliphatic carbocycles. The maximum atomic E-state index is 12.8. The highest BCUT2D eigenvalue weighted by Gasteiger charge is 2.30. The van der Waals surface area contributed by atoms with E-state index in [1.807, 2.05) is 6.07 Å². The van der Waals surface area contributed by atoms with Crippen LogP contribution in [-0.2, 0) is 19.0 Å². The summed E-state index contributed by atoms with van der Waals surface area (Å²) in [5.74, 6) is -0.227. The van der Waals surface area contributed by atoms with E-state index in [1.54, 1.807) is 13.0 Å². The molecule has 0 radical (unpaired) electrons. The standard InChI is InChI=1S/C17H16F3NOS/c1-10(11-4-2-6-13(8-11)17(18,19)20)21-16(22)15-9-12-5-3-7-14(12)23-15/h2,4,6,8-10H,3,5,7H2,1H3,(H,21,22)/t10-/m1/s1. The second-order valence-electron chi connectivity index (χ2n) is 5.73.